The van der Waals surface area contributed by atoms with E-state index in [1.165, 1.54) is 5.39 Å². The molecule has 1 aliphatic rings. The second-order valence-electron chi connectivity index (χ2n) is 5.20. The van der Waals surface area contributed by atoms with E-state index in [9.17, 15) is 4.79 Å². The van der Waals surface area contributed by atoms with Gasteiger partial charge >= 0.3 is 0 Å². The summed E-state index contributed by atoms with van der Waals surface area (Å²) in [6.07, 6.45) is 3.70. The number of Topliss-reactive ketones (excluding diaryl/α,β-unsaturated/α-hetero) is 1. The van der Waals surface area contributed by atoms with Crippen LogP contribution in [0.25, 0.3) is 27.6 Å². The van der Waals surface area contributed by atoms with Crippen LogP contribution in [0.15, 0.2) is 54.6 Å². The van der Waals surface area contributed by atoms with Gasteiger partial charge < -0.3 is 5.73 Å². The number of fused-ring (bicyclic) bond motifs is 4. The number of benzene rings is 3. The monoisotopic (exact) mass is 259 g/mol. The second kappa shape index (κ2) is 4.02. The van der Waals surface area contributed by atoms with E-state index in [0.29, 0.717) is 0 Å². The summed E-state index contributed by atoms with van der Waals surface area (Å²) in [5.74, 6) is 0.00313. The van der Waals surface area contributed by atoms with Gasteiger partial charge in [0.2, 0.25) is 0 Å². The summed E-state index contributed by atoms with van der Waals surface area (Å²) in [6.45, 7) is 0. The van der Waals surface area contributed by atoms with Gasteiger partial charge in [0.05, 0.1) is 6.04 Å². The predicted molar refractivity (Wildman–Crippen MR) is 82.8 cm³/mol. The molecule has 0 amide bonds. The average molecular weight is 259 g/mol. The molecule has 0 bridgehead atoms. The number of ketones is 1. The van der Waals surface area contributed by atoms with Gasteiger partial charge in [0.1, 0.15) is 0 Å². The summed E-state index contributed by atoms with van der Waals surface area (Å²) in [5.41, 5.74) is 7.57. The Balaban J connectivity index is 2.15. The number of hydrogen-bond donors (Lipinski definition) is 1. The average Bonchev–Trinajstić information content (AvgIpc) is 2.48. The van der Waals surface area contributed by atoms with E-state index in [2.05, 4.69) is 30.3 Å². The molecule has 0 radical (unpaired) electrons. The van der Waals surface area contributed by atoms with Gasteiger partial charge in [-0.1, -0.05) is 48.6 Å². The van der Waals surface area contributed by atoms with Crippen LogP contribution in [0, 0.1) is 0 Å². The highest BCUT2D eigenvalue weighted by Crippen LogP contribution is 2.30. The molecule has 0 saturated heterocycles. The summed E-state index contributed by atoms with van der Waals surface area (Å²) in [5, 5.41) is 4.40. The molecule has 20 heavy (non-hydrogen) atoms. The lowest BCUT2D eigenvalue weighted by atomic mass is 9.88. The Kier molecular flexibility index (Phi) is 2.29. The van der Waals surface area contributed by atoms with Crippen LogP contribution in [0.1, 0.15) is 15.9 Å². The van der Waals surface area contributed by atoms with Crippen molar-refractivity contribution in [3.8, 4) is 0 Å². The maximum atomic E-state index is 12.4. The van der Waals surface area contributed by atoms with Gasteiger partial charge in [-0.05, 0) is 39.2 Å². The molecule has 0 aliphatic heterocycles. The van der Waals surface area contributed by atoms with Crippen molar-refractivity contribution >= 4 is 33.4 Å². The first-order valence-corrected chi connectivity index (χ1v) is 6.67. The number of carbonyl (C=O) groups excluding carboxylic acids is 1. The Morgan fingerprint density at radius 2 is 1.65 bits per heavy atom. The minimum Gasteiger partial charge on any atom is -0.318 e. The first kappa shape index (κ1) is 11.4. The lowest BCUT2D eigenvalue weighted by Gasteiger charge is -2.17. The Hall–Kier alpha value is -2.45. The smallest absolute Gasteiger partial charge is 0.184 e. The highest BCUT2D eigenvalue weighted by atomic mass is 16.1. The van der Waals surface area contributed by atoms with E-state index in [0.717, 1.165) is 27.3 Å². The maximum absolute atomic E-state index is 12.4. The maximum Gasteiger partial charge on any atom is 0.184 e. The van der Waals surface area contributed by atoms with Crippen LogP contribution in [0.5, 0.6) is 0 Å². The molecule has 96 valence electrons. The molecule has 0 spiro atoms. The molecule has 2 heteroatoms. The van der Waals surface area contributed by atoms with Gasteiger partial charge in [0.25, 0.3) is 0 Å². The third-order valence-electron chi connectivity index (χ3n) is 3.95. The van der Waals surface area contributed by atoms with Gasteiger partial charge in [0.15, 0.2) is 5.78 Å². The number of nitrogens with two attached hydrogens (primary N) is 1. The highest BCUT2D eigenvalue weighted by Gasteiger charge is 2.22. The molecule has 0 heterocycles. The highest BCUT2D eigenvalue weighted by molar-refractivity contribution is 6.17. The number of rotatable bonds is 0. The molecule has 0 aromatic heterocycles. The van der Waals surface area contributed by atoms with Crippen LogP contribution in [-0.2, 0) is 0 Å². The van der Waals surface area contributed by atoms with Gasteiger partial charge in [-0.15, -0.1) is 0 Å². The SMILES string of the molecule is NC1C=Cc2ccc3cc4ccccc4cc3c2C1=O. The second-order valence-corrected chi connectivity index (χ2v) is 5.20. The molecule has 1 atom stereocenters. The molecule has 0 saturated carbocycles. The van der Waals surface area contributed by atoms with Crippen molar-refractivity contribution in [2.75, 3.05) is 0 Å². The fourth-order valence-corrected chi connectivity index (χ4v) is 2.91. The van der Waals surface area contributed by atoms with Crippen molar-refractivity contribution in [1.29, 1.82) is 0 Å². The molecular formula is C18H13NO. The van der Waals surface area contributed by atoms with E-state index >= 15 is 0 Å². The number of hydrogen-bond acceptors (Lipinski definition) is 2. The summed E-state index contributed by atoms with van der Waals surface area (Å²) in [4.78, 5) is 12.4. The molecule has 3 aromatic carbocycles. The van der Waals surface area contributed by atoms with E-state index < -0.39 is 6.04 Å². The van der Waals surface area contributed by atoms with Gasteiger partial charge in [-0.25, -0.2) is 0 Å². The Bertz CT molecular complexity index is 892. The quantitative estimate of drug-likeness (QED) is 0.628. The van der Waals surface area contributed by atoms with Crippen LogP contribution in [-0.4, -0.2) is 11.8 Å². The molecule has 2 N–H and O–H groups in total. The third kappa shape index (κ3) is 1.52. The van der Waals surface area contributed by atoms with Crippen molar-refractivity contribution in [3.63, 3.8) is 0 Å². The zero-order chi connectivity index (χ0) is 13.7. The standard InChI is InChI=1S/C18H13NO/c19-16-8-7-11-5-6-14-9-12-3-1-2-4-13(12)10-15(14)17(11)18(16)20/h1-10,16H,19H2. The van der Waals surface area contributed by atoms with E-state index in [-0.39, 0.29) is 5.78 Å². The van der Waals surface area contributed by atoms with E-state index in [1.54, 1.807) is 6.08 Å². The Morgan fingerprint density at radius 1 is 0.900 bits per heavy atom. The summed E-state index contributed by atoms with van der Waals surface area (Å²) >= 11 is 0. The van der Waals surface area contributed by atoms with Gasteiger partial charge in [-0.2, -0.15) is 0 Å². The Morgan fingerprint density at radius 3 is 2.45 bits per heavy atom. The first-order valence-electron chi connectivity index (χ1n) is 6.67. The fourth-order valence-electron chi connectivity index (χ4n) is 2.91. The minimum absolute atomic E-state index is 0.00313. The molecule has 3 aromatic rings. The van der Waals surface area contributed by atoms with Crippen LogP contribution in [0.2, 0.25) is 0 Å². The molecule has 2 nitrogen and oxygen atoms in total. The zero-order valence-corrected chi connectivity index (χ0v) is 10.8. The van der Waals surface area contributed by atoms with Crippen molar-refractivity contribution in [2.24, 2.45) is 5.73 Å². The van der Waals surface area contributed by atoms with Crippen LogP contribution < -0.4 is 5.73 Å². The topological polar surface area (TPSA) is 43.1 Å². The predicted octanol–water partition coefficient (Wildman–Crippen LogP) is 3.53. The molecular weight excluding hydrogens is 246 g/mol. The Labute approximate surface area is 116 Å². The summed E-state index contributed by atoms with van der Waals surface area (Å²) in [6, 6.07) is 15.9. The lowest BCUT2D eigenvalue weighted by molar-refractivity contribution is 0.0978. The summed E-state index contributed by atoms with van der Waals surface area (Å²) < 4.78 is 0. The third-order valence-corrected chi connectivity index (χ3v) is 3.95. The van der Waals surface area contributed by atoms with Crippen molar-refractivity contribution in [1.82, 2.24) is 0 Å². The van der Waals surface area contributed by atoms with Crippen molar-refractivity contribution < 1.29 is 4.79 Å². The van der Waals surface area contributed by atoms with Gasteiger partial charge in [-0.3, -0.25) is 4.79 Å². The molecule has 4 rings (SSSR count). The van der Waals surface area contributed by atoms with Crippen molar-refractivity contribution in [3.05, 3.63) is 65.7 Å². The van der Waals surface area contributed by atoms with Crippen molar-refractivity contribution in [2.45, 2.75) is 6.04 Å². The normalized spacial score (nSPS) is 17.6. The fraction of sp³-hybridized carbons (Fsp3) is 0.0556. The largest absolute Gasteiger partial charge is 0.318 e. The summed E-state index contributed by atoms with van der Waals surface area (Å²) in [7, 11) is 0. The molecule has 1 unspecified atom stereocenters. The van der Waals surface area contributed by atoms with Gasteiger partial charge in [0, 0.05) is 5.56 Å². The number of carbonyl (C=O) groups is 1. The van der Waals surface area contributed by atoms with Crippen LogP contribution in [0.4, 0.5) is 0 Å². The van der Waals surface area contributed by atoms with E-state index in [1.807, 2.05) is 24.3 Å². The molecule has 0 fully saturated rings. The van der Waals surface area contributed by atoms with E-state index in [4.69, 9.17) is 5.73 Å². The first-order chi connectivity index (χ1) is 9.74. The lowest BCUT2D eigenvalue weighted by Crippen LogP contribution is -2.30. The molecule has 1 aliphatic carbocycles. The van der Waals surface area contributed by atoms with Crippen LogP contribution >= 0.6 is 0 Å². The van der Waals surface area contributed by atoms with Crippen LogP contribution in [0.3, 0.4) is 0 Å². The zero-order valence-electron chi connectivity index (χ0n) is 10.8. The minimum atomic E-state index is -0.528.